The van der Waals surface area contributed by atoms with E-state index in [0.29, 0.717) is 10.7 Å². The Morgan fingerprint density at radius 2 is 1.97 bits per heavy atom. The molecule has 3 aromatic rings. The van der Waals surface area contributed by atoms with E-state index < -0.39 is 32.0 Å². The zero-order valence-electron chi connectivity index (χ0n) is 15.3. The summed E-state index contributed by atoms with van der Waals surface area (Å²) in [6, 6.07) is 5.41. The largest absolute Gasteiger partial charge is 0.477 e. The highest BCUT2D eigenvalue weighted by Gasteiger charge is 2.31. The Balaban J connectivity index is 2.28. The SMILES string of the molecule is CCS(=O)(=O)c1cc(OCC#N)cnc1-n1ncc2ccc(C(F)(F)F)cc2c1=O. The molecule has 0 N–H and O–H groups in total. The van der Waals surface area contributed by atoms with Gasteiger partial charge < -0.3 is 4.74 Å². The summed E-state index contributed by atoms with van der Waals surface area (Å²) in [5.74, 6) is -0.754. The first kappa shape index (κ1) is 21.3. The predicted octanol–water partition coefficient (Wildman–Crippen LogP) is 2.50. The second kappa shape index (κ2) is 7.75. The molecule has 0 fully saturated rings. The van der Waals surface area contributed by atoms with Gasteiger partial charge in [-0.2, -0.15) is 28.2 Å². The zero-order valence-corrected chi connectivity index (χ0v) is 16.2. The van der Waals surface area contributed by atoms with Crippen LogP contribution in [-0.4, -0.2) is 35.5 Å². The van der Waals surface area contributed by atoms with E-state index in [0.717, 1.165) is 30.6 Å². The molecule has 0 saturated heterocycles. The van der Waals surface area contributed by atoms with Crippen LogP contribution in [0.1, 0.15) is 12.5 Å². The van der Waals surface area contributed by atoms with E-state index in [4.69, 9.17) is 10.00 Å². The number of rotatable bonds is 5. The first-order chi connectivity index (χ1) is 14.1. The van der Waals surface area contributed by atoms with Crippen LogP contribution in [-0.2, 0) is 16.0 Å². The number of hydrogen-bond donors (Lipinski definition) is 0. The molecule has 2 aromatic heterocycles. The molecule has 0 spiro atoms. The monoisotopic (exact) mass is 438 g/mol. The molecular formula is C18H13F3N4O4S. The summed E-state index contributed by atoms with van der Waals surface area (Å²) >= 11 is 0. The summed E-state index contributed by atoms with van der Waals surface area (Å²) in [4.78, 5) is 16.4. The molecule has 8 nitrogen and oxygen atoms in total. The molecule has 156 valence electrons. The second-order valence-electron chi connectivity index (χ2n) is 6.00. The second-order valence-corrected chi connectivity index (χ2v) is 8.25. The van der Waals surface area contributed by atoms with Gasteiger partial charge in [0.25, 0.3) is 5.56 Å². The van der Waals surface area contributed by atoms with E-state index in [1.54, 1.807) is 6.07 Å². The zero-order chi connectivity index (χ0) is 22.1. The molecule has 0 amide bonds. The van der Waals surface area contributed by atoms with Gasteiger partial charge in [-0.25, -0.2) is 13.4 Å². The molecule has 0 radical (unpaired) electrons. The van der Waals surface area contributed by atoms with Crippen LogP contribution >= 0.6 is 0 Å². The third-order valence-corrected chi connectivity index (χ3v) is 5.87. The quantitative estimate of drug-likeness (QED) is 0.601. The number of fused-ring (bicyclic) bond motifs is 1. The summed E-state index contributed by atoms with van der Waals surface area (Å²) in [6.45, 7) is 1.01. The van der Waals surface area contributed by atoms with Crippen molar-refractivity contribution in [2.45, 2.75) is 18.0 Å². The van der Waals surface area contributed by atoms with E-state index in [1.165, 1.54) is 6.92 Å². The molecule has 0 atom stereocenters. The van der Waals surface area contributed by atoms with Crippen LogP contribution in [0.25, 0.3) is 16.6 Å². The third-order valence-electron chi connectivity index (χ3n) is 4.14. The standard InChI is InChI=1S/C18H13F3N4O4S/c1-2-30(27,28)15-8-13(29-6-5-22)10-23-16(15)25-17(26)14-7-12(18(19,20)21)4-3-11(14)9-24-25/h3-4,7-10H,2,6H2,1H3. The van der Waals surface area contributed by atoms with Crippen molar-refractivity contribution in [3.05, 3.63) is 52.6 Å². The van der Waals surface area contributed by atoms with Crippen LogP contribution in [0.5, 0.6) is 5.75 Å². The highest BCUT2D eigenvalue weighted by atomic mass is 32.2. The molecule has 2 heterocycles. The van der Waals surface area contributed by atoms with E-state index in [-0.39, 0.29) is 34.7 Å². The number of halogens is 3. The van der Waals surface area contributed by atoms with Gasteiger partial charge in [0.2, 0.25) is 0 Å². The topological polar surface area (TPSA) is 115 Å². The molecule has 0 aliphatic heterocycles. The summed E-state index contributed by atoms with van der Waals surface area (Å²) in [5, 5.41) is 12.3. The van der Waals surface area contributed by atoms with Crippen molar-refractivity contribution in [1.29, 1.82) is 5.26 Å². The summed E-state index contributed by atoms with van der Waals surface area (Å²) in [7, 11) is -3.93. The molecule has 0 unspecified atom stereocenters. The van der Waals surface area contributed by atoms with Gasteiger partial charge in [-0.3, -0.25) is 4.79 Å². The van der Waals surface area contributed by atoms with E-state index in [2.05, 4.69) is 10.1 Å². The predicted molar refractivity (Wildman–Crippen MR) is 99.0 cm³/mol. The highest BCUT2D eigenvalue weighted by Crippen LogP contribution is 2.31. The lowest BCUT2D eigenvalue weighted by atomic mass is 10.1. The number of pyridine rings is 1. The fraction of sp³-hybridized carbons (Fsp3) is 0.222. The van der Waals surface area contributed by atoms with Crippen molar-refractivity contribution in [1.82, 2.24) is 14.8 Å². The molecule has 0 aliphatic carbocycles. The molecule has 30 heavy (non-hydrogen) atoms. The van der Waals surface area contributed by atoms with Crippen molar-refractivity contribution in [3.63, 3.8) is 0 Å². The molecule has 1 aromatic carbocycles. The Kier molecular flexibility index (Phi) is 5.49. The molecule has 0 bridgehead atoms. The van der Waals surface area contributed by atoms with Crippen LogP contribution < -0.4 is 10.3 Å². The molecule has 0 aliphatic rings. The van der Waals surface area contributed by atoms with Crippen LogP contribution in [0.4, 0.5) is 13.2 Å². The van der Waals surface area contributed by atoms with Crippen LogP contribution in [0.2, 0.25) is 0 Å². The van der Waals surface area contributed by atoms with Gasteiger partial charge in [-0.15, -0.1) is 0 Å². The lowest BCUT2D eigenvalue weighted by molar-refractivity contribution is -0.137. The van der Waals surface area contributed by atoms with Crippen molar-refractivity contribution >= 4 is 20.6 Å². The number of nitriles is 1. The molecule has 0 saturated carbocycles. The molecule has 3 rings (SSSR count). The smallest absolute Gasteiger partial charge is 0.416 e. The maximum absolute atomic E-state index is 13.0. The minimum absolute atomic E-state index is 0.0273. The van der Waals surface area contributed by atoms with Crippen LogP contribution in [0.15, 0.2) is 46.3 Å². The lowest BCUT2D eigenvalue weighted by Gasteiger charge is -2.13. The van der Waals surface area contributed by atoms with E-state index >= 15 is 0 Å². The summed E-state index contributed by atoms with van der Waals surface area (Å²) < 4.78 is 69.8. The first-order valence-electron chi connectivity index (χ1n) is 8.40. The highest BCUT2D eigenvalue weighted by molar-refractivity contribution is 7.91. The maximum atomic E-state index is 13.0. The van der Waals surface area contributed by atoms with Crippen LogP contribution in [0, 0.1) is 11.3 Å². The molecule has 12 heteroatoms. The Morgan fingerprint density at radius 3 is 2.60 bits per heavy atom. The normalized spacial score (nSPS) is 12.0. The first-order valence-corrected chi connectivity index (χ1v) is 10.1. The maximum Gasteiger partial charge on any atom is 0.416 e. The fourth-order valence-electron chi connectivity index (χ4n) is 2.63. The van der Waals surface area contributed by atoms with E-state index in [9.17, 15) is 26.4 Å². The summed E-state index contributed by atoms with van der Waals surface area (Å²) in [6.07, 6.45) is -2.43. The minimum Gasteiger partial charge on any atom is -0.477 e. The Hall–Kier alpha value is -3.46. The Morgan fingerprint density at radius 1 is 1.23 bits per heavy atom. The van der Waals surface area contributed by atoms with Gasteiger partial charge in [-0.05, 0) is 12.1 Å². The average molecular weight is 438 g/mol. The number of nitrogens with zero attached hydrogens (tertiary/aromatic N) is 4. The van der Waals surface area contributed by atoms with Gasteiger partial charge in [0, 0.05) is 11.5 Å². The van der Waals surface area contributed by atoms with Gasteiger partial charge in [-0.1, -0.05) is 13.0 Å². The van der Waals surface area contributed by atoms with Crippen molar-refractivity contribution in [2.24, 2.45) is 0 Å². The van der Waals surface area contributed by atoms with Gasteiger partial charge in [0.1, 0.15) is 16.7 Å². The van der Waals surface area contributed by atoms with Gasteiger partial charge >= 0.3 is 6.18 Å². The Labute approximate surface area is 168 Å². The average Bonchev–Trinajstić information content (AvgIpc) is 2.71. The number of sulfone groups is 1. The van der Waals surface area contributed by atoms with Crippen LogP contribution in [0.3, 0.4) is 0 Å². The lowest BCUT2D eigenvalue weighted by Crippen LogP contribution is -2.25. The number of hydrogen-bond acceptors (Lipinski definition) is 7. The number of benzene rings is 1. The Bertz CT molecular complexity index is 1330. The molecular weight excluding hydrogens is 425 g/mol. The minimum atomic E-state index is -4.66. The summed E-state index contributed by atoms with van der Waals surface area (Å²) in [5.41, 5.74) is -2.00. The van der Waals surface area contributed by atoms with Crippen molar-refractivity contribution < 1.29 is 26.3 Å². The van der Waals surface area contributed by atoms with Gasteiger partial charge in [0.05, 0.1) is 29.1 Å². The van der Waals surface area contributed by atoms with Gasteiger partial charge in [0.15, 0.2) is 22.3 Å². The number of aromatic nitrogens is 3. The van der Waals surface area contributed by atoms with Crippen molar-refractivity contribution in [3.8, 4) is 17.6 Å². The number of ether oxygens (including phenoxy) is 1. The fourth-order valence-corrected chi connectivity index (χ4v) is 3.65. The number of alkyl halides is 3. The van der Waals surface area contributed by atoms with Crippen molar-refractivity contribution in [2.75, 3.05) is 12.4 Å². The third kappa shape index (κ3) is 3.97. The van der Waals surface area contributed by atoms with E-state index in [1.807, 2.05) is 0 Å².